The van der Waals surface area contributed by atoms with Crippen molar-refractivity contribution in [1.82, 2.24) is 5.32 Å². The summed E-state index contributed by atoms with van der Waals surface area (Å²) in [6.07, 6.45) is -0.00895. The number of rotatable bonds is 6. The van der Waals surface area contributed by atoms with E-state index in [0.717, 1.165) is 5.56 Å². The molecular weight excluding hydrogens is 451 g/mol. The Morgan fingerprint density at radius 2 is 1.53 bits per heavy atom. The number of fused-ring (bicyclic) bond motifs is 1. The number of anilines is 1. The Morgan fingerprint density at radius 1 is 0.875 bits per heavy atom. The van der Waals surface area contributed by atoms with Gasteiger partial charge in [0.05, 0.1) is 33.8 Å². The van der Waals surface area contributed by atoms with Crippen LogP contribution in [0, 0.1) is 0 Å². The highest BCUT2D eigenvalue weighted by Gasteiger charge is 2.22. The number of halogens is 2. The molecule has 32 heavy (non-hydrogen) atoms. The molecule has 0 saturated carbocycles. The van der Waals surface area contributed by atoms with E-state index < -0.39 is 6.04 Å². The van der Waals surface area contributed by atoms with Crippen LogP contribution in [-0.2, 0) is 4.79 Å². The SMILES string of the molecule is O=C(CC(NC(=O)c1ccccc1Cl)c1ccccc1)Nc1cc2c(cc1Cl)OCCO2. The van der Waals surface area contributed by atoms with Gasteiger partial charge in [-0.1, -0.05) is 65.7 Å². The van der Waals surface area contributed by atoms with Crippen molar-refractivity contribution in [3.8, 4) is 11.5 Å². The molecule has 1 aliphatic heterocycles. The maximum absolute atomic E-state index is 12.9. The third-order valence-corrected chi connectivity index (χ3v) is 5.56. The predicted molar refractivity (Wildman–Crippen MR) is 124 cm³/mol. The molecule has 3 aromatic carbocycles. The maximum atomic E-state index is 12.9. The van der Waals surface area contributed by atoms with Gasteiger partial charge in [-0.05, 0) is 17.7 Å². The quantitative estimate of drug-likeness (QED) is 0.514. The molecule has 1 aliphatic rings. The van der Waals surface area contributed by atoms with Gasteiger partial charge in [-0.3, -0.25) is 9.59 Å². The number of benzene rings is 3. The van der Waals surface area contributed by atoms with Crippen molar-refractivity contribution in [2.24, 2.45) is 0 Å². The summed E-state index contributed by atoms with van der Waals surface area (Å²) < 4.78 is 11.1. The Balaban J connectivity index is 1.52. The molecule has 8 heteroatoms. The zero-order valence-corrected chi connectivity index (χ0v) is 18.5. The fourth-order valence-electron chi connectivity index (χ4n) is 3.37. The molecule has 2 N–H and O–H groups in total. The molecule has 0 fully saturated rings. The topological polar surface area (TPSA) is 76.7 Å². The minimum Gasteiger partial charge on any atom is -0.486 e. The molecule has 0 aliphatic carbocycles. The second-order valence-electron chi connectivity index (χ2n) is 7.14. The summed E-state index contributed by atoms with van der Waals surface area (Å²) in [5.41, 5.74) is 1.53. The van der Waals surface area contributed by atoms with Gasteiger partial charge in [-0.2, -0.15) is 0 Å². The average molecular weight is 471 g/mol. The number of ether oxygens (including phenoxy) is 2. The number of carbonyl (C=O) groups excluding carboxylic acids is 2. The van der Waals surface area contributed by atoms with Crippen LogP contribution in [-0.4, -0.2) is 25.0 Å². The Bertz CT molecular complexity index is 1140. The van der Waals surface area contributed by atoms with E-state index in [9.17, 15) is 9.59 Å². The van der Waals surface area contributed by atoms with Crippen molar-refractivity contribution in [3.05, 3.63) is 87.9 Å². The van der Waals surface area contributed by atoms with Crippen LogP contribution in [0.2, 0.25) is 10.0 Å². The first-order valence-corrected chi connectivity index (χ1v) is 10.8. The van der Waals surface area contributed by atoms with Crippen molar-refractivity contribution in [2.75, 3.05) is 18.5 Å². The number of nitrogens with one attached hydrogen (secondary N) is 2. The molecule has 1 unspecified atom stereocenters. The van der Waals surface area contributed by atoms with E-state index >= 15 is 0 Å². The smallest absolute Gasteiger partial charge is 0.253 e. The van der Waals surface area contributed by atoms with Crippen molar-refractivity contribution in [3.63, 3.8) is 0 Å². The van der Waals surface area contributed by atoms with Crippen molar-refractivity contribution in [2.45, 2.75) is 12.5 Å². The maximum Gasteiger partial charge on any atom is 0.253 e. The number of carbonyl (C=O) groups is 2. The van der Waals surface area contributed by atoms with E-state index in [2.05, 4.69) is 10.6 Å². The summed E-state index contributed by atoms with van der Waals surface area (Å²) in [4.78, 5) is 25.7. The van der Waals surface area contributed by atoms with Crippen LogP contribution in [0.3, 0.4) is 0 Å². The molecule has 164 valence electrons. The normalized spacial score (nSPS) is 13.2. The standard InChI is InChI=1S/C24H20Cl2N2O4/c25-17-9-5-4-8-16(17)24(30)28-19(15-6-2-1-3-7-15)14-23(29)27-20-13-22-21(12-18(20)26)31-10-11-32-22/h1-9,12-13,19H,10-11,14H2,(H,27,29)(H,28,30). The lowest BCUT2D eigenvalue weighted by atomic mass is 10.0. The van der Waals surface area contributed by atoms with E-state index in [-0.39, 0.29) is 18.2 Å². The van der Waals surface area contributed by atoms with Crippen molar-refractivity contribution < 1.29 is 19.1 Å². The molecule has 0 radical (unpaired) electrons. The van der Waals surface area contributed by atoms with Gasteiger partial charge in [-0.25, -0.2) is 0 Å². The number of amides is 2. The van der Waals surface area contributed by atoms with Gasteiger partial charge in [0.2, 0.25) is 5.91 Å². The first kappa shape index (κ1) is 22.0. The third kappa shape index (κ3) is 5.15. The molecule has 2 amide bonds. The second kappa shape index (κ2) is 9.94. The van der Waals surface area contributed by atoms with Crippen LogP contribution in [0.25, 0.3) is 0 Å². The summed E-state index contributed by atoms with van der Waals surface area (Å²) in [5.74, 6) is 0.363. The average Bonchev–Trinajstić information content (AvgIpc) is 2.80. The highest BCUT2D eigenvalue weighted by atomic mass is 35.5. The lowest BCUT2D eigenvalue weighted by Gasteiger charge is -2.21. The van der Waals surface area contributed by atoms with Crippen LogP contribution in [0.4, 0.5) is 5.69 Å². The lowest BCUT2D eigenvalue weighted by molar-refractivity contribution is -0.116. The fraction of sp³-hybridized carbons (Fsp3) is 0.167. The van der Waals surface area contributed by atoms with Gasteiger partial charge in [0, 0.05) is 12.1 Å². The molecule has 0 spiro atoms. The second-order valence-corrected chi connectivity index (χ2v) is 7.96. The molecule has 3 aromatic rings. The molecule has 4 rings (SSSR count). The first-order valence-electron chi connectivity index (χ1n) is 10.0. The van der Waals surface area contributed by atoms with Crippen LogP contribution < -0.4 is 20.1 Å². The Hall–Kier alpha value is -3.22. The molecule has 0 aromatic heterocycles. The zero-order valence-electron chi connectivity index (χ0n) is 16.9. The molecular formula is C24H20Cl2N2O4. The van der Waals surface area contributed by atoms with E-state index in [0.29, 0.717) is 46.0 Å². The minimum absolute atomic E-state index is 0.00895. The van der Waals surface area contributed by atoms with E-state index in [1.165, 1.54) is 0 Å². The Kier molecular flexibility index (Phi) is 6.83. The van der Waals surface area contributed by atoms with Gasteiger partial charge < -0.3 is 20.1 Å². The summed E-state index contributed by atoms with van der Waals surface area (Å²) in [6.45, 7) is 0.866. The summed E-state index contributed by atoms with van der Waals surface area (Å²) in [5, 5.41) is 6.38. The molecule has 6 nitrogen and oxygen atoms in total. The third-order valence-electron chi connectivity index (χ3n) is 4.92. The van der Waals surface area contributed by atoms with Crippen LogP contribution in [0.15, 0.2) is 66.7 Å². The summed E-state index contributed by atoms with van der Waals surface area (Å²) in [7, 11) is 0. The van der Waals surface area contributed by atoms with Gasteiger partial charge in [0.25, 0.3) is 5.91 Å². The van der Waals surface area contributed by atoms with Gasteiger partial charge in [0.1, 0.15) is 13.2 Å². The van der Waals surface area contributed by atoms with Crippen LogP contribution in [0.5, 0.6) is 11.5 Å². The Labute approximate surface area is 195 Å². The molecule has 1 atom stereocenters. The molecule has 1 heterocycles. The largest absolute Gasteiger partial charge is 0.486 e. The number of hydrogen-bond acceptors (Lipinski definition) is 4. The fourth-order valence-corrected chi connectivity index (χ4v) is 3.79. The minimum atomic E-state index is -0.573. The van der Waals surface area contributed by atoms with Gasteiger partial charge in [-0.15, -0.1) is 0 Å². The van der Waals surface area contributed by atoms with E-state index in [1.54, 1.807) is 36.4 Å². The van der Waals surface area contributed by atoms with Crippen molar-refractivity contribution in [1.29, 1.82) is 0 Å². The zero-order chi connectivity index (χ0) is 22.5. The monoisotopic (exact) mass is 470 g/mol. The van der Waals surface area contributed by atoms with Gasteiger partial charge in [0.15, 0.2) is 11.5 Å². The highest BCUT2D eigenvalue weighted by Crippen LogP contribution is 2.38. The van der Waals surface area contributed by atoms with Crippen LogP contribution in [0.1, 0.15) is 28.4 Å². The van der Waals surface area contributed by atoms with Crippen molar-refractivity contribution >= 4 is 40.7 Å². The molecule has 0 bridgehead atoms. The van der Waals surface area contributed by atoms with Gasteiger partial charge >= 0.3 is 0 Å². The van der Waals surface area contributed by atoms with E-state index in [1.807, 2.05) is 30.3 Å². The Morgan fingerprint density at radius 3 is 2.25 bits per heavy atom. The van der Waals surface area contributed by atoms with Crippen LogP contribution >= 0.6 is 23.2 Å². The first-order chi connectivity index (χ1) is 15.5. The summed E-state index contributed by atoms with van der Waals surface area (Å²) >= 11 is 12.5. The lowest BCUT2D eigenvalue weighted by Crippen LogP contribution is -2.31. The molecule has 0 saturated heterocycles. The van der Waals surface area contributed by atoms with E-state index in [4.69, 9.17) is 32.7 Å². The highest BCUT2D eigenvalue weighted by molar-refractivity contribution is 6.34. The predicted octanol–water partition coefficient (Wildman–Crippen LogP) is 5.26. The number of hydrogen-bond donors (Lipinski definition) is 2. The summed E-state index contributed by atoms with van der Waals surface area (Å²) in [6, 6.07) is 18.7.